The average molecular weight is 421 g/mol. The van der Waals surface area contributed by atoms with Crippen molar-refractivity contribution in [3.8, 4) is 0 Å². The highest BCUT2D eigenvalue weighted by atomic mass is 79.9. The van der Waals surface area contributed by atoms with Crippen LogP contribution >= 0.6 is 27.5 Å². The van der Waals surface area contributed by atoms with Crippen LogP contribution in [0.15, 0.2) is 58.0 Å². The predicted octanol–water partition coefficient (Wildman–Crippen LogP) is 3.70. The lowest BCUT2D eigenvalue weighted by molar-refractivity contribution is -0.131. The van der Waals surface area contributed by atoms with Crippen LogP contribution in [0.5, 0.6) is 0 Å². The number of halogens is 2. The number of imide groups is 2. The molecule has 0 saturated carbocycles. The lowest BCUT2D eigenvalue weighted by atomic mass is 10.1. The number of anilines is 1. The smallest absolute Gasteiger partial charge is 0.276 e. The quantitative estimate of drug-likeness (QED) is 0.607. The first-order valence-corrected chi connectivity index (χ1v) is 8.37. The SMILES string of the molecule is O=C1NC(=O)N(c2ccc(Br)cc2)C(=O)[C@H]1C=Nc1cccc(Cl)c1. The van der Waals surface area contributed by atoms with Gasteiger partial charge in [0.05, 0.1) is 11.4 Å². The van der Waals surface area contributed by atoms with Crippen molar-refractivity contribution in [3.05, 3.63) is 58.0 Å². The van der Waals surface area contributed by atoms with Crippen LogP contribution in [0.2, 0.25) is 5.02 Å². The van der Waals surface area contributed by atoms with E-state index in [-0.39, 0.29) is 0 Å². The molecule has 2 aromatic rings. The Bertz CT molecular complexity index is 883. The molecule has 1 aliphatic heterocycles. The van der Waals surface area contributed by atoms with Gasteiger partial charge in [-0.1, -0.05) is 33.6 Å². The van der Waals surface area contributed by atoms with Gasteiger partial charge in [-0.3, -0.25) is 19.9 Å². The van der Waals surface area contributed by atoms with Crippen molar-refractivity contribution in [2.24, 2.45) is 10.9 Å². The van der Waals surface area contributed by atoms with Crippen LogP contribution in [-0.4, -0.2) is 24.1 Å². The number of rotatable bonds is 3. The normalized spacial score (nSPS) is 17.9. The number of urea groups is 1. The van der Waals surface area contributed by atoms with Gasteiger partial charge in [-0.05, 0) is 42.5 Å². The molecule has 1 atom stereocenters. The molecule has 0 unspecified atom stereocenters. The summed E-state index contributed by atoms with van der Waals surface area (Å²) in [6.45, 7) is 0. The molecule has 8 heteroatoms. The van der Waals surface area contributed by atoms with E-state index in [0.29, 0.717) is 16.4 Å². The minimum absolute atomic E-state index is 0.361. The van der Waals surface area contributed by atoms with E-state index in [9.17, 15) is 14.4 Å². The second kappa shape index (κ2) is 7.16. The summed E-state index contributed by atoms with van der Waals surface area (Å²) in [7, 11) is 0. The van der Waals surface area contributed by atoms with E-state index in [2.05, 4.69) is 26.2 Å². The lowest BCUT2D eigenvalue weighted by Crippen LogP contribution is -2.58. The van der Waals surface area contributed by atoms with Crippen molar-refractivity contribution in [2.75, 3.05) is 4.90 Å². The number of carbonyl (C=O) groups excluding carboxylic acids is 3. The van der Waals surface area contributed by atoms with Crippen molar-refractivity contribution in [3.63, 3.8) is 0 Å². The van der Waals surface area contributed by atoms with Crippen LogP contribution in [0.3, 0.4) is 0 Å². The number of benzene rings is 2. The summed E-state index contributed by atoms with van der Waals surface area (Å²) in [4.78, 5) is 41.8. The molecule has 3 rings (SSSR count). The Morgan fingerprint density at radius 1 is 1.12 bits per heavy atom. The van der Waals surface area contributed by atoms with Gasteiger partial charge in [-0.15, -0.1) is 0 Å². The fourth-order valence-corrected chi connectivity index (χ4v) is 2.72. The molecule has 1 N–H and O–H groups in total. The molecule has 2 aromatic carbocycles. The van der Waals surface area contributed by atoms with Gasteiger partial charge in [-0.25, -0.2) is 9.69 Å². The van der Waals surface area contributed by atoms with E-state index in [4.69, 9.17) is 11.6 Å². The third-order valence-corrected chi connectivity index (χ3v) is 4.23. The number of barbiturate groups is 1. The van der Waals surface area contributed by atoms with Crippen LogP contribution in [0.1, 0.15) is 0 Å². The topological polar surface area (TPSA) is 78.8 Å². The zero-order chi connectivity index (χ0) is 18.0. The maximum atomic E-state index is 12.6. The number of aliphatic imine (C=N–C) groups is 1. The Morgan fingerprint density at radius 2 is 1.84 bits per heavy atom. The monoisotopic (exact) mass is 419 g/mol. The summed E-state index contributed by atoms with van der Waals surface area (Å²) in [5.41, 5.74) is 0.861. The van der Waals surface area contributed by atoms with E-state index < -0.39 is 23.8 Å². The molecule has 6 nitrogen and oxygen atoms in total. The summed E-state index contributed by atoms with van der Waals surface area (Å²) >= 11 is 9.17. The van der Waals surface area contributed by atoms with Crippen molar-refractivity contribution >= 4 is 63.0 Å². The molecule has 0 radical (unpaired) electrons. The fourth-order valence-electron chi connectivity index (χ4n) is 2.27. The van der Waals surface area contributed by atoms with E-state index >= 15 is 0 Å². The van der Waals surface area contributed by atoms with Gasteiger partial charge in [0.1, 0.15) is 0 Å². The van der Waals surface area contributed by atoms with Crippen molar-refractivity contribution < 1.29 is 14.4 Å². The van der Waals surface area contributed by atoms with E-state index in [1.165, 1.54) is 6.21 Å². The van der Waals surface area contributed by atoms with Crippen molar-refractivity contribution in [1.29, 1.82) is 0 Å². The largest absolute Gasteiger partial charge is 0.335 e. The van der Waals surface area contributed by atoms with Crippen LogP contribution in [0, 0.1) is 5.92 Å². The number of nitrogens with zero attached hydrogens (tertiary/aromatic N) is 2. The van der Waals surface area contributed by atoms with Crippen LogP contribution < -0.4 is 10.2 Å². The molecule has 4 amide bonds. The molecule has 1 saturated heterocycles. The third-order valence-electron chi connectivity index (χ3n) is 3.47. The number of amides is 4. The van der Waals surface area contributed by atoms with Gasteiger partial charge in [0.15, 0.2) is 5.92 Å². The number of hydrogen-bond donors (Lipinski definition) is 1. The molecule has 25 heavy (non-hydrogen) atoms. The second-order valence-corrected chi connectivity index (χ2v) is 6.53. The maximum Gasteiger partial charge on any atom is 0.335 e. The molecule has 0 aliphatic carbocycles. The number of carbonyl (C=O) groups is 3. The zero-order valence-corrected chi connectivity index (χ0v) is 15.0. The van der Waals surface area contributed by atoms with Gasteiger partial charge in [0.25, 0.3) is 5.91 Å². The molecule has 1 heterocycles. The third kappa shape index (κ3) is 3.78. The Hall–Kier alpha value is -2.51. The second-order valence-electron chi connectivity index (χ2n) is 5.18. The average Bonchev–Trinajstić information content (AvgIpc) is 2.56. The number of hydrogen-bond acceptors (Lipinski definition) is 4. The summed E-state index contributed by atoms with van der Waals surface area (Å²) in [6, 6.07) is 12.5. The molecule has 0 spiro atoms. The fraction of sp³-hybridized carbons (Fsp3) is 0.0588. The highest BCUT2D eigenvalue weighted by molar-refractivity contribution is 9.10. The van der Waals surface area contributed by atoms with Gasteiger partial charge in [0.2, 0.25) is 5.91 Å². The minimum atomic E-state index is -1.21. The summed E-state index contributed by atoms with van der Waals surface area (Å²) in [5.74, 6) is -2.59. The summed E-state index contributed by atoms with van der Waals surface area (Å²) in [5, 5.41) is 2.66. The van der Waals surface area contributed by atoms with Crippen LogP contribution in [0.4, 0.5) is 16.2 Å². The molecule has 0 aromatic heterocycles. The Kier molecular flexibility index (Phi) is 4.96. The molecule has 1 fully saturated rings. The Morgan fingerprint density at radius 3 is 2.52 bits per heavy atom. The standard InChI is InChI=1S/C17H11BrClN3O3/c18-10-4-6-13(7-5-10)22-16(24)14(15(23)21-17(22)25)9-20-12-3-1-2-11(19)8-12/h1-9,14H,(H,21,23,25)/t14-/m0/s1. The van der Waals surface area contributed by atoms with Gasteiger partial charge in [-0.2, -0.15) is 0 Å². The van der Waals surface area contributed by atoms with Crippen LogP contribution in [0.25, 0.3) is 0 Å². The first-order chi connectivity index (χ1) is 12.0. The maximum absolute atomic E-state index is 12.6. The molecule has 1 aliphatic rings. The first-order valence-electron chi connectivity index (χ1n) is 7.20. The minimum Gasteiger partial charge on any atom is -0.276 e. The molecular weight excluding hydrogens is 410 g/mol. The highest BCUT2D eigenvalue weighted by Crippen LogP contribution is 2.23. The van der Waals surface area contributed by atoms with E-state index in [1.54, 1.807) is 48.5 Å². The van der Waals surface area contributed by atoms with Gasteiger partial charge >= 0.3 is 6.03 Å². The Balaban J connectivity index is 1.89. The van der Waals surface area contributed by atoms with E-state index in [1.807, 2.05) is 0 Å². The summed E-state index contributed by atoms with van der Waals surface area (Å²) < 4.78 is 0.802. The molecule has 126 valence electrons. The van der Waals surface area contributed by atoms with Crippen molar-refractivity contribution in [1.82, 2.24) is 5.32 Å². The first kappa shape index (κ1) is 17.3. The summed E-state index contributed by atoms with van der Waals surface area (Å²) in [6.07, 6.45) is 1.21. The van der Waals surface area contributed by atoms with E-state index in [0.717, 1.165) is 9.37 Å². The van der Waals surface area contributed by atoms with Gasteiger partial charge in [0, 0.05) is 15.7 Å². The number of nitrogens with one attached hydrogen (secondary N) is 1. The molecular formula is C17H11BrClN3O3. The van der Waals surface area contributed by atoms with Gasteiger partial charge < -0.3 is 0 Å². The van der Waals surface area contributed by atoms with Crippen LogP contribution in [-0.2, 0) is 9.59 Å². The zero-order valence-electron chi connectivity index (χ0n) is 12.6. The molecule has 0 bridgehead atoms. The lowest BCUT2D eigenvalue weighted by Gasteiger charge is -2.28. The predicted molar refractivity (Wildman–Crippen MR) is 98.3 cm³/mol. The Labute approximate surface area is 156 Å². The van der Waals surface area contributed by atoms with Crippen molar-refractivity contribution in [2.45, 2.75) is 0 Å². The highest BCUT2D eigenvalue weighted by Gasteiger charge is 2.40.